The minimum absolute atomic E-state index is 0.354. The molecule has 0 aliphatic carbocycles. The van der Waals surface area contributed by atoms with Gasteiger partial charge < -0.3 is 4.42 Å². The summed E-state index contributed by atoms with van der Waals surface area (Å²) in [6.07, 6.45) is 0. The highest BCUT2D eigenvalue weighted by atomic mass is 16.4. The van der Waals surface area contributed by atoms with Crippen molar-refractivity contribution < 1.29 is 4.42 Å². The molecule has 0 saturated carbocycles. The van der Waals surface area contributed by atoms with E-state index in [2.05, 4.69) is 4.99 Å². The zero-order valence-corrected chi connectivity index (χ0v) is 12.9. The number of aryl methyl sites for hydroxylation is 2. The molecule has 0 bridgehead atoms. The lowest BCUT2D eigenvalue weighted by Gasteiger charge is -2.04. The molecule has 3 rings (SSSR count). The lowest BCUT2D eigenvalue weighted by Crippen LogP contribution is -2.12. The molecule has 0 amide bonds. The predicted molar refractivity (Wildman–Crippen MR) is 90.3 cm³/mol. The Morgan fingerprint density at radius 3 is 2.59 bits per heavy atom. The monoisotopic (exact) mass is 291 g/mol. The van der Waals surface area contributed by atoms with Gasteiger partial charge in [0.25, 0.3) is 0 Å². The van der Waals surface area contributed by atoms with E-state index < -0.39 is 0 Å². The van der Waals surface area contributed by atoms with Gasteiger partial charge in [0.2, 0.25) is 0 Å². The van der Waals surface area contributed by atoms with Crippen LogP contribution in [-0.2, 0) is 0 Å². The molecule has 0 saturated heterocycles. The van der Waals surface area contributed by atoms with E-state index in [1.54, 1.807) is 0 Å². The van der Waals surface area contributed by atoms with Crippen molar-refractivity contribution in [2.45, 2.75) is 20.8 Å². The van der Waals surface area contributed by atoms with E-state index in [1.165, 1.54) is 0 Å². The van der Waals surface area contributed by atoms with Crippen molar-refractivity contribution in [3.8, 4) is 0 Å². The zero-order chi connectivity index (χ0) is 15.7. The molecular weight excluding hydrogens is 274 g/mol. The maximum Gasteiger partial charge on any atom is 0.345 e. The third-order valence-electron chi connectivity index (χ3n) is 3.68. The second kappa shape index (κ2) is 5.60. The van der Waals surface area contributed by atoms with Gasteiger partial charge in [-0.25, -0.2) is 4.79 Å². The van der Waals surface area contributed by atoms with Crippen LogP contribution in [0.2, 0.25) is 0 Å². The predicted octanol–water partition coefficient (Wildman–Crippen LogP) is 4.55. The van der Waals surface area contributed by atoms with E-state index in [0.29, 0.717) is 16.9 Å². The maximum atomic E-state index is 12.2. The van der Waals surface area contributed by atoms with Gasteiger partial charge in [-0.2, -0.15) is 0 Å². The Bertz CT molecular complexity index is 936. The molecule has 0 radical (unpaired) electrons. The first-order valence-electron chi connectivity index (χ1n) is 7.20. The van der Waals surface area contributed by atoms with E-state index >= 15 is 0 Å². The van der Waals surface area contributed by atoms with Crippen molar-refractivity contribution in [1.82, 2.24) is 0 Å². The van der Waals surface area contributed by atoms with E-state index in [9.17, 15) is 4.79 Å². The van der Waals surface area contributed by atoms with Crippen LogP contribution in [-0.4, -0.2) is 5.71 Å². The van der Waals surface area contributed by atoms with Gasteiger partial charge in [-0.05, 0) is 50.1 Å². The van der Waals surface area contributed by atoms with Gasteiger partial charge in [0.15, 0.2) is 0 Å². The molecule has 3 nitrogen and oxygen atoms in total. The molecule has 1 aromatic heterocycles. The average Bonchev–Trinajstić information content (AvgIpc) is 2.48. The van der Waals surface area contributed by atoms with Crippen LogP contribution in [0.25, 0.3) is 11.0 Å². The van der Waals surface area contributed by atoms with Crippen molar-refractivity contribution in [3.05, 3.63) is 75.6 Å². The summed E-state index contributed by atoms with van der Waals surface area (Å²) in [5.74, 6) is 0. The molecule has 1 heterocycles. The summed E-state index contributed by atoms with van der Waals surface area (Å²) in [5, 5.41) is 0.902. The van der Waals surface area contributed by atoms with Crippen molar-refractivity contribution in [3.63, 3.8) is 0 Å². The Labute approximate surface area is 128 Å². The Kier molecular flexibility index (Phi) is 3.63. The lowest BCUT2D eigenvalue weighted by molar-refractivity contribution is 0.559. The average molecular weight is 291 g/mol. The fourth-order valence-electron chi connectivity index (χ4n) is 2.40. The number of nitrogens with zero attached hydrogens (tertiary/aromatic N) is 1. The highest BCUT2D eigenvalue weighted by Gasteiger charge is 2.09. The quantitative estimate of drug-likeness (QED) is 0.513. The van der Waals surface area contributed by atoms with Crippen LogP contribution in [0.5, 0.6) is 0 Å². The molecular formula is C19H17NO2. The molecule has 0 atom stereocenters. The van der Waals surface area contributed by atoms with E-state index in [0.717, 1.165) is 22.2 Å². The third-order valence-corrected chi connectivity index (χ3v) is 3.68. The standard InChI is InChI=1S/C19H17NO2/c1-12-8-9-15-11-16(19(21)22-18(15)10-12)14(3)20-17-7-5-4-6-13(17)2/h4-11H,1-3H3. The molecule has 0 spiro atoms. The molecule has 3 heteroatoms. The molecule has 0 N–H and O–H groups in total. The van der Waals surface area contributed by atoms with E-state index in [1.807, 2.05) is 69.3 Å². The van der Waals surface area contributed by atoms with Crippen molar-refractivity contribution in [2.75, 3.05) is 0 Å². The van der Waals surface area contributed by atoms with Crippen molar-refractivity contribution in [2.24, 2.45) is 4.99 Å². The van der Waals surface area contributed by atoms with Gasteiger partial charge in [-0.15, -0.1) is 0 Å². The largest absolute Gasteiger partial charge is 0.422 e. The first-order valence-corrected chi connectivity index (χ1v) is 7.20. The van der Waals surface area contributed by atoms with Crippen LogP contribution in [0.1, 0.15) is 23.6 Å². The number of rotatable bonds is 2. The second-order valence-corrected chi connectivity index (χ2v) is 5.47. The molecule has 3 aromatic rings. The summed E-state index contributed by atoms with van der Waals surface area (Å²) in [7, 11) is 0. The van der Waals surface area contributed by atoms with E-state index in [-0.39, 0.29) is 5.63 Å². The lowest BCUT2D eigenvalue weighted by atomic mass is 10.1. The molecule has 110 valence electrons. The molecule has 22 heavy (non-hydrogen) atoms. The van der Waals surface area contributed by atoms with Gasteiger partial charge in [0.05, 0.1) is 17.0 Å². The highest BCUT2D eigenvalue weighted by molar-refractivity contribution is 6.02. The molecule has 0 aliphatic rings. The van der Waals surface area contributed by atoms with Crippen LogP contribution in [0.3, 0.4) is 0 Å². The van der Waals surface area contributed by atoms with E-state index in [4.69, 9.17) is 4.42 Å². The Hall–Kier alpha value is -2.68. The Balaban J connectivity index is 2.13. The number of para-hydroxylation sites is 1. The number of hydrogen-bond acceptors (Lipinski definition) is 3. The van der Waals surface area contributed by atoms with Gasteiger partial charge in [-0.3, -0.25) is 4.99 Å². The fourth-order valence-corrected chi connectivity index (χ4v) is 2.40. The summed E-state index contributed by atoms with van der Waals surface area (Å²) in [5.41, 5.74) is 4.41. The van der Waals surface area contributed by atoms with Gasteiger partial charge >= 0.3 is 5.63 Å². The summed E-state index contributed by atoms with van der Waals surface area (Å²) in [6, 6.07) is 15.5. The Morgan fingerprint density at radius 1 is 1.05 bits per heavy atom. The molecule has 0 fully saturated rings. The van der Waals surface area contributed by atoms with Crippen LogP contribution >= 0.6 is 0 Å². The smallest absolute Gasteiger partial charge is 0.345 e. The van der Waals surface area contributed by atoms with Crippen LogP contribution in [0.15, 0.2) is 62.7 Å². The van der Waals surface area contributed by atoms with Crippen LogP contribution in [0, 0.1) is 13.8 Å². The van der Waals surface area contributed by atoms with Crippen molar-refractivity contribution >= 4 is 22.4 Å². The summed E-state index contributed by atoms with van der Waals surface area (Å²) in [6.45, 7) is 5.80. The SMILES string of the molecule is CC(=Nc1ccccc1C)c1cc2ccc(C)cc2oc1=O. The third kappa shape index (κ3) is 2.70. The molecule has 2 aromatic carbocycles. The van der Waals surface area contributed by atoms with Gasteiger partial charge in [-0.1, -0.05) is 30.3 Å². The zero-order valence-electron chi connectivity index (χ0n) is 12.9. The minimum Gasteiger partial charge on any atom is -0.422 e. The van der Waals surface area contributed by atoms with Crippen molar-refractivity contribution in [1.29, 1.82) is 0 Å². The first-order chi connectivity index (χ1) is 10.5. The number of aliphatic imine (C=N–C) groups is 1. The first kappa shape index (κ1) is 14.3. The summed E-state index contributed by atoms with van der Waals surface area (Å²) in [4.78, 5) is 16.8. The van der Waals surface area contributed by atoms with Gasteiger partial charge in [0, 0.05) is 5.39 Å². The molecule has 0 aliphatic heterocycles. The normalized spacial score (nSPS) is 11.9. The maximum absolute atomic E-state index is 12.2. The minimum atomic E-state index is -0.354. The topological polar surface area (TPSA) is 42.6 Å². The Morgan fingerprint density at radius 2 is 1.82 bits per heavy atom. The summed E-state index contributed by atoms with van der Waals surface area (Å²) < 4.78 is 5.43. The highest BCUT2D eigenvalue weighted by Crippen LogP contribution is 2.20. The van der Waals surface area contributed by atoms with Crippen LogP contribution < -0.4 is 5.63 Å². The molecule has 0 unspecified atom stereocenters. The van der Waals surface area contributed by atoms with Crippen LogP contribution in [0.4, 0.5) is 5.69 Å². The second-order valence-electron chi connectivity index (χ2n) is 5.47. The fraction of sp³-hybridized carbons (Fsp3) is 0.158. The number of hydrogen-bond donors (Lipinski definition) is 0. The number of benzene rings is 2. The van der Waals surface area contributed by atoms with Gasteiger partial charge in [0.1, 0.15) is 5.58 Å². The number of fused-ring (bicyclic) bond motifs is 1. The summed E-state index contributed by atoms with van der Waals surface area (Å²) >= 11 is 0.